The van der Waals surface area contributed by atoms with Crippen LogP contribution in [0.4, 0.5) is 4.39 Å². The number of pyridine rings is 1. The fourth-order valence-corrected chi connectivity index (χ4v) is 3.87. The molecule has 1 heterocycles. The number of ether oxygens (including phenoxy) is 1. The smallest absolute Gasteiger partial charge is 0.254 e. The van der Waals surface area contributed by atoms with E-state index in [0.717, 1.165) is 10.7 Å². The third kappa shape index (κ3) is 5.22. The van der Waals surface area contributed by atoms with Crippen molar-refractivity contribution in [2.75, 3.05) is 20.2 Å². The van der Waals surface area contributed by atoms with Crippen molar-refractivity contribution in [2.24, 2.45) is 0 Å². The van der Waals surface area contributed by atoms with Crippen LogP contribution < -0.4 is 4.74 Å². The van der Waals surface area contributed by atoms with Crippen molar-refractivity contribution >= 4 is 27.6 Å². The molecule has 0 fully saturated rings. The molecule has 0 bridgehead atoms. The Balaban J connectivity index is 1.86. The molecule has 0 N–H and O–H groups in total. The number of Topliss-reactive ketones (excluding diaryl/α,β-unsaturated/α-hetero) is 1. The number of methoxy groups -OCH3 is 1. The van der Waals surface area contributed by atoms with Gasteiger partial charge in [-0.3, -0.25) is 9.59 Å². The lowest BCUT2D eigenvalue weighted by Gasteiger charge is -2.20. The first-order chi connectivity index (χ1) is 15.4. The number of amides is 1. The molecule has 0 aliphatic heterocycles. The summed E-state index contributed by atoms with van der Waals surface area (Å²) in [6.07, 6.45) is 1.19. The van der Waals surface area contributed by atoms with E-state index >= 15 is 0 Å². The average molecular weight is 499 g/mol. The van der Waals surface area contributed by atoms with Crippen LogP contribution in [0.2, 0.25) is 0 Å². The summed E-state index contributed by atoms with van der Waals surface area (Å²) in [5.74, 6) is -0.390. The maximum absolute atomic E-state index is 14.2. The Bertz CT molecular complexity index is 1130. The molecule has 5 nitrogen and oxygen atoms in total. The lowest BCUT2D eigenvalue weighted by molar-refractivity contribution is 0.0772. The summed E-state index contributed by atoms with van der Waals surface area (Å²) in [5, 5.41) is 0. The number of aromatic nitrogens is 1. The van der Waals surface area contributed by atoms with Gasteiger partial charge in [-0.25, -0.2) is 9.37 Å². The van der Waals surface area contributed by atoms with Gasteiger partial charge in [0.2, 0.25) is 5.88 Å². The maximum atomic E-state index is 14.2. The molecule has 7 heteroatoms. The number of ketones is 1. The number of nitrogens with zero attached hydrogens (tertiary/aromatic N) is 2. The summed E-state index contributed by atoms with van der Waals surface area (Å²) in [7, 11) is 1.47. The summed E-state index contributed by atoms with van der Waals surface area (Å²) in [4.78, 5) is 31.4. The quantitative estimate of drug-likeness (QED) is 0.381. The lowest BCUT2D eigenvalue weighted by Crippen LogP contribution is -2.31. The van der Waals surface area contributed by atoms with E-state index in [4.69, 9.17) is 4.74 Å². The average Bonchev–Trinajstić information content (AvgIpc) is 2.80. The molecule has 3 rings (SSSR count). The monoisotopic (exact) mass is 498 g/mol. The van der Waals surface area contributed by atoms with Crippen molar-refractivity contribution in [2.45, 2.75) is 20.3 Å². The predicted molar refractivity (Wildman–Crippen MR) is 126 cm³/mol. The van der Waals surface area contributed by atoms with Gasteiger partial charge < -0.3 is 9.64 Å². The van der Waals surface area contributed by atoms with Crippen LogP contribution in [0.25, 0.3) is 11.1 Å². The highest BCUT2D eigenvalue weighted by Crippen LogP contribution is 2.26. The molecule has 32 heavy (non-hydrogen) atoms. The van der Waals surface area contributed by atoms with Crippen molar-refractivity contribution in [1.82, 2.24) is 9.88 Å². The molecule has 166 valence electrons. The number of carbonyl (C=O) groups is 2. The van der Waals surface area contributed by atoms with Gasteiger partial charge in [0, 0.05) is 46.7 Å². The molecular weight excluding hydrogens is 475 g/mol. The second-order valence-corrected chi connectivity index (χ2v) is 8.08. The third-order valence-corrected chi connectivity index (χ3v) is 5.75. The standard InChI is InChI=1S/C25H24BrFN2O3/c1-4-29(5-2)25(31)20-11-10-19(26)12-18(20)13-23(30)17-8-6-16(7-9-17)21-14-24(32-3)28-15-22(21)27/h6-12,14-15H,4-5,13H2,1-3H3. The molecule has 2 aromatic carbocycles. The van der Waals surface area contributed by atoms with Crippen LogP contribution in [0.3, 0.4) is 0 Å². The lowest BCUT2D eigenvalue weighted by atomic mass is 9.96. The van der Waals surface area contributed by atoms with E-state index in [1.165, 1.54) is 13.2 Å². The zero-order valence-electron chi connectivity index (χ0n) is 18.2. The zero-order chi connectivity index (χ0) is 23.3. The molecule has 1 amide bonds. The number of hydrogen-bond acceptors (Lipinski definition) is 4. The Labute approximate surface area is 195 Å². The van der Waals surface area contributed by atoms with Gasteiger partial charge >= 0.3 is 0 Å². The highest BCUT2D eigenvalue weighted by atomic mass is 79.9. The minimum atomic E-state index is -0.474. The van der Waals surface area contributed by atoms with Crippen molar-refractivity contribution in [3.63, 3.8) is 0 Å². The highest BCUT2D eigenvalue weighted by molar-refractivity contribution is 9.10. The van der Waals surface area contributed by atoms with Crippen molar-refractivity contribution in [1.29, 1.82) is 0 Å². The van der Waals surface area contributed by atoms with Crippen LogP contribution in [0, 0.1) is 5.82 Å². The molecule has 0 radical (unpaired) electrons. The number of halogens is 2. The second kappa shape index (κ2) is 10.5. The van der Waals surface area contributed by atoms with E-state index in [1.807, 2.05) is 19.9 Å². The fraction of sp³-hybridized carbons (Fsp3) is 0.240. The van der Waals surface area contributed by atoms with Gasteiger partial charge in [-0.2, -0.15) is 0 Å². The largest absolute Gasteiger partial charge is 0.481 e. The Morgan fingerprint density at radius 3 is 2.38 bits per heavy atom. The van der Waals surface area contributed by atoms with Crippen molar-refractivity contribution in [3.05, 3.63) is 81.7 Å². The molecule has 0 spiro atoms. The highest BCUT2D eigenvalue weighted by Gasteiger charge is 2.19. The summed E-state index contributed by atoms with van der Waals surface area (Å²) in [5.41, 5.74) is 2.62. The summed E-state index contributed by atoms with van der Waals surface area (Å²) < 4.78 is 20.1. The summed E-state index contributed by atoms with van der Waals surface area (Å²) in [6.45, 7) is 5.04. The number of rotatable bonds is 8. The third-order valence-electron chi connectivity index (χ3n) is 5.26. The topological polar surface area (TPSA) is 59.5 Å². The molecule has 0 unspecified atom stereocenters. The van der Waals surface area contributed by atoms with Crippen LogP contribution in [-0.2, 0) is 6.42 Å². The number of benzene rings is 2. The van der Waals surface area contributed by atoms with Gasteiger partial charge in [0.05, 0.1) is 13.3 Å². The molecule has 0 aliphatic carbocycles. The van der Waals surface area contributed by atoms with E-state index in [0.29, 0.717) is 46.8 Å². The van der Waals surface area contributed by atoms with Crippen molar-refractivity contribution in [3.8, 4) is 17.0 Å². The summed E-state index contributed by atoms with van der Waals surface area (Å²) in [6, 6.07) is 13.6. The van der Waals surface area contributed by atoms with Crippen molar-refractivity contribution < 1.29 is 18.7 Å². The van der Waals surface area contributed by atoms with Crippen LogP contribution in [0.15, 0.2) is 59.2 Å². The van der Waals surface area contributed by atoms with E-state index in [9.17, 15) is 14.0 Å². The molecule has 0 saturated carbocycles. The summed E-state index contributed by atoms with van der Waals surface area (Å²) >= 11 is 3.43. The van der Waals surface area contributed by atoms with Gasteiger partial charge in [-0.15, -0.1) is 0 Å². The van der Waals surface area contributed by atoms with Gasteiger partial charge in [0.25, 0.3) is 5.91 Å². The molecular formula is C25H24BrFN2O3. The molecule has 0 aliphatic rings. The predicted octanol–water partition coefficient (Wildman–Crippen LogP) is 5.57. The molecule has 1 aromatic heterocycles. The first-order valence-corrected chi connectivity index (χ1v) is 11.1. The Morgan fingerprint density at radius 1 is 1.06 bits per heavy atom. The van der Waals surface area contributed by atoms with E-state index in [1.54, 1.807) is 41.3 Å². The second-order valence-electron chi connectivity index (χ2n) is 7.16. The van der Waals surface area contributed by atoms with Crippen LogP contribution >= 0.6 is 15.9 Å². The van der Waals surface area contributed by atoms with Gasteiger partial charge in [0.1, 0.15) is 5.82 Å². The van der Waals surface area contributed by atoms with Crippen LogP contribution in [0.5, 0.6) is 5.88 Å². The van der Waals surface area contributed by atoms with E-state index in [-0.39, 0.29) is 18.1 Å². The maximum Gasteiger partial charge on any atom is 0.254 e. The van der Waals surface area contributed by atoms with E-state index < -0.39 is 5.82 Å². The van der Waals surface area contributed by atoms with Gasteiger partial charge in [0.15, 0.2) is 5.78 Å². The van der Waals surface area contributed by atoms with Crippen LogP contribution in [0.1, 0.15) is 40.1 Å². The van der Waals surface area contributed by atoms with Gasteiger partial charge in [-0.1, -0.05) is 40.2 Å². The normalized spacial score (nSPS) is 10.7. The minimum Gasteiger partial charge on any atom is -0.481 e. The van der Waals surface area contributed by atoms with Gasteiger partial charge in [-0.05, 0) is 43.2 Å². The zero-order valence-corrected chi connectivity index (χ0v) is 19.8. The number of hydrogen-bond donors (Lipinski definition) is 0. The fourth-order valence-electron chi connectivity index (χ4n) is 3.46. The Kier molecular flexibility index (Phi) is 7.75. The Hall–Kier alpha value is -3.06. The Morgan fingerprint density at radius 2 is 1.75 bits per heavy atom. The van der Waals surface area contributed by atoms with Crippen LogP contribution in [-0.4, -0.2) is 41.8 Å². The van der Waals surface area contributed by atoms with E-state index in [2.05, 4.69) is 20.9 Å². The molecule has 0 saturated heterocycles. The SMILES string of the molecule is CCN(CC)C(=O)c1ccc(Br)cc1CC(=O)c1ccc(-c2cc(OC)ncc2F)cc1. The molecule has 0 atom stereocenters. The minimum absolute atomic E-state index is 0.0819. The number of carbonyl (C=O) groups excluding carboxylic acids is 2. The molecule has 3 aromatic rings. The first-order valence-electron chi connectivity index (χ1n) is 10.3. The first kappa shape index (κ1) is 23.6.